The highest BCUT2D eigenvalue weighted by Crippen LogP contribution is 2.27. The first kappa shape index (κ1) is 17.2. The molecule has 136 valence electrons. The Bertz CT molecular complexity index is 1250. The number of phenols is 1. The van der Waals surface area contributed by atoms with Crippen molar-refractivity contribution in [1.29, 1.82) is 0 Å². The standard InChI is InChI=1S/C20H15FN2O3S/c1-27(25,26)17-8-4-14(5-9-17)13-2-6-16(7-3-13)23-19-11-20(24)18(21)10-15(19)12-22-23/h2-12,24H,1H3. The highest BCUT2D eigenvalue weighted by atomic mass is 32.2. The first-order chi connectivity index (χ1) is 12.8. The molecule has 27 heavy (non-hydrogen) atoms. The Morgan fingerprint density at radius 2 is 1.56 bits per heavy atom. The lowest BCUT2D eigenvalue weighted by molar-refractivity contribution is 0.433. The van der Waals surface area contributed by atoms with E-state index in [4.69, 9.17) is 0 Å². The van der Waals surface area contributed by atoms with Gasteiger partial charge in [-0.15, -0.1) is 0 Å². The maximum absolute atomic E-state index is 13.5. The molecule has 0 aliphatic heterocycles. The lowest BCUT2D eigenvalue weighted by Crippen LogP contribution is -1.97. The van der Waals surface area contributed by atoms with Crippen LogP contribution in [0.2, 0.25) is 0 Å². The van der Waals surface area contributed by atoms with Gasteiger partial charge in [0.05, 0.1) is 22.3 Å². The summed E-state index contributed by atoms with van der Waals surface area (Å²) >= 11 is 0. The Labute approximate surface area is 155 Å². The van der Waals surface area contributed by atoms with Crippen LogP contribution in [0.1, 0.15) is 0 Å². The summed E-state index contributed by atoms with van der Waals surface area (Å²) in [4.78, 5) is 0.276. The number of rotatable bonds is 3. The molecule has 1 aromatic heterocycles. The van der Waals surface area contributed by atoms with Crippen molar-refractivity contribution in [3.05, 3.63) is 72.7 Å². The van der Waals surface area contributed by atoms with Crippen LogP contribution >= 0.6 is 0 Å². The molecule has 0 atom stereocenters. The zero-order valence-corrected chi connectivity index (χ0v) is 15.1. The summed E-state index contributed by atoms with van der Waals surface area (Å²) in [6.07, 6.45) is 2.71. The van der Waals surface area contributed by atoms with Gasteiger partial charge in [0.1, 0.15) is 0 Å². The Kier molecular flexibility index (Phi) is 3.96. The number of hydrogen-bond acceptors (Lipinski definition) is 4. The normalized spacial score (nSPS) is 11.8. The van der Waals surface area contributed by atoms with Crippen LogP contribution in [-0.4, -0.2) is 29.6 Å². The van der Waals surface area contributed by atoms with E-state index in [2.05, 4.69) is 5.10 Å². The summed E-state index contributed by atoms with van der Waals surface area (Å²) in [5.74, 6) is -1.11. The highest BCUT2D eigenvalue weighted by Gasteiger charge is 2.10. The third-order valence-corrected chi connectivity index (χ3v) is 5.49. The van der Waals surface area contributed by atoms with Crippen LogP contribution in [0.3, 0.4) is 0 Å². The molecule has 0 fully saturated rings. The van der Waals surface area contributed by atoms with Crippen LogP contribution in [-0.2, 0) is 9.84 Å². The lowest BCUT2D eigenvalue weighted by atomic mass is 10.1. The Morgan fingerprint density at radius 1 is 0.963 bits per heavy atom. The second-order valence-corrected chi connectivity index (χ2v) is 8.28. The molecular weight excluding hydrogens is 367 g/mol. The summed E-state index contributed by atoms with van der Waals surface area (Å²) in [6.45, 7) is 0. The molecule has 0 radical (unpaired) electrons. The van der Waals surface area contributed by atoms with Crippen LogP contribution in [0.15, 0.2) is 71.8 Å². The molecular formula is C20H15FN2O3S. The van der Waals surface area contributed by atoms with Gasteiger partial charge >= 0.3 is 0 Å². The summed E-state index contributed by atoms with van der Waals surface area (Å²) in [7, 11) is -3.22. The molecule has 0 spiro atoms. The van der Waals surface area contributed by atoms with Gasteiger partial charge in [0.2, 0.25) is 0 Å². The van der Waals surface area contributed by atoms with Gasteiger partial charge < -0.3 is 5.11 Å². The monoisotopic (exact) mass is 382 g/mol. The van der Waals surface area contributed by atoms with Crippen molar-refractivity contribution in [2.45, 2.75) is 4.90 Å². The van der Waals surface area contributed by atoms with Crippen LogP contribution < -0.4 is 0 Å². The minimum absolute atomic E-state index is 0.276. The van der Waals surface area contributed by atoms with Crippen LogP contribution in [0, 0.1) is 5.82 Å². The number of sulfone groups is 1. The average Bonchev–Trinajstić information content (AvgIpc) is 3.04. The Hall–Kier alpha value is -3.19. The van der Waals surface area contributed by atoms with Crippen molar-refractivity contribution in [3.8, 4) is 22.6 Å². The maximum Gasteiger partial charge on any atom is 0.175 e. The van der Waals surface area contributed by atoms with E-state index in [0.717, 1.165) is 16.8 Å². The predicted octanol–water partition coefficient (Wildman–Crippen LogP) is 3.94. The van der Waals surface area contributed by atoms with E-state index in [0.29, 0.717) is 10.9 Å². The fourth-order valence-corrected chi connectivity index (χ4v) is 3.56. The topological polar surface area (TPSA) is 72.2 Å². The summed E-state index contributed by atoms with van der Waals surface area (Å²) in [5, 5.41) is 14.5. The number of fused-ring (bicyclic) bond motifs is 1. The molecule has 7 heteroatoms. The number of hydrogen-bond donors (Lipinski definition) is 1. The molecule has 1 N–H and O–H groups in total. The van der Waals surface area contributed by atoms with E-state index in [1.54, 1.807) is 28.9 Å². The van der Waals surface area contributed by atoms with Gasteiger partial charge in [-0.25, -0.2) is 17.5 Å². The van der Waals surface area contributed by atoms with Gasteiger partial charge in [0, 0.05) is 17.7 Å². The van der Waals surface area contributed by atoms with Gasteiger partial charge in [-0.2, -0.15) is 5.10 Å². The minimum atomic E-state index is -3.22. The second-order valence-electron chi connectivity index (χ2n) is 6.26. The number of phenolic OH excluding ortho intramolecular Hbond substituents is 1. The SMILES string of the molecule is CS(=O)(=O)c1ccc(-c2ccc(-n3ncc4cc(F)c(O)cc43)cc2)cc1. The molecule has 4 rings (SSSR count). The lowest BCUT2D eigenvalue weighted by Gasteiger charge is -2.07. The van der Waals surface area contributed by atoms with Gasteiger partial charge in [-0.1, -0.05) is 24.3 Å². The molecule has 5 nitrogen and oxygen atoms in total. The van der Waals surface area contributed by atoms with E-state index >= 15 is 0 Å². The van der Waals surface area contributed by atoms with Crippen molar-refractivity contribution in [1.82, 2.24) is 9.78 Å². The maximum atomic E-state index is 13.5. The first-order valence-corrected chi connectivity index (χ1v) is 9.99. The zero-order valence-electron chi connectivity index (χ0n) is 14.3. The van der Waals surface area contributed by atoms with E-state index in [-0.39, 0.29) is 4.90 Å². The largest absolute Gasteiger partial charge is 0.505 e. The van der Waals surface area contributed by atoms with Crippen LogP contribution in [0.4, 0.5) is 4.39 Å². The third kappa shape index (κ3) is 3.17. The molecule has 0 aliphatic rings. The molecule has 3 aromatic carbocycles. The fourth-order valence-electron chi connectivity index (χ4n) is 2.93. The molecule has 4 aromatic rings. The quantitative estimate of drug-likeness (QED) is 0.583. The number of aromatic nitrogens is 2. The van der Waals surface area contributed by atoms with Crippen molar-refractivity contribution >= 4 is 20.7 Å². The van der Waals surface area contributed by atoms with E-state index in [9.17, 15) is 17.9 Å². The molecule has 0 saturated heterocycles. The number of nitrogens with zero attached hydrogens (tertiary/aromatic N) is 2. The molecule has 0 unspecified atom stereocenters. The molecule has 0 aliphatic carbocycles. The van der Waals surface area contributed by atoms with Gasteiger partial charge in [0.15, 0.2) is 21.4 Å². The molecule has 0 bridgehead atoms. The van der Waals surface area contributed by atoms with Crippen molar-refractivity contribution in [3.63, 3.8) is 0 Å². The minimum Gasteiger partial charge on any atom is -0.505 e. The Morgan fingerprint density at radius 3 is 2.15 bits per heavy atom. The fraction of sp³-hybridized carbons (Fsp3) is 0.0500. The zero-order chi connectivity index (χ0) is 19.2. The molecule has 0 saturated carbocycles. The summed E-state index contributed by atoms with van der Waals surface area (Å²) in [6, 6.07) is 16.8. The van der Waals surface area contributed by atoms with E-state index in [1.165, 1.54) is 24.6 Å². The number of benzene rings is 3. The van der Waals surface area contributed by atoms with Gasteiger partial charge in [0.25, 0.3) is 0 Å². The third-order valence-electron chi connectivity index (χ3n) is 4.36. The van der Waals surface area contributed by atoms with Gasteiger partial charge in [-0.3, -0.25) is 0 Å². The van der Waals surface area contributed by atoms with E-state index < -0.39 is 21.4 Å². The molecule has 1 heterocycles. The number of halogens is 1. The van der Waals surface area contributed by atoms with Crippen molar-refractivity contribution < 1.29 is 17.9 Å². The van der Waals surface area contributed by atoms with E-state index in [1.807, 2.05) is 24.3 Å². The smallest absolute Gasteiger partial charge is 0.175 e. The van der Waals surface area contributed by atoms with Crippen molar-refractivity contribution in [2.75, 3.05) is 6.26 Å². The predicted molar refractivity (Wildman–Crippen MR) is 101 cm³/mol. The van der Waals surface area contributed by atoms with Crippen molar-refractivity contribution in [2.24, 2.45) is 0 Å². The Balaban J connectivity index is 1.70. The average molecular weight is 382 g/mol. The summed E-state index contributed by atoms with van der Waals surface area (Å²) in [5.41, 5.74) is 3.16. The highest BCUT2D eigenvalue weighted by molar-refractivity contribution is 7.90. The second kappa shape index (κ2) is 6.21. The van der Waals surface area contributed by atoms with Gasteiger partial charge in [-0.05, 0) is 41.5 Å². The first-order valence-electron chi connectivity index (χ1n) is 8.10. The van der Waals surface area contributed by atoms with Crippen LogP contribution in [0.5, 0.6) is 5.75 Å². The van der Waals surface area contributed by atoms with Crippen LogP contribution in [0.25, 0.3) is 27.7 Å². The molecule has 0 amide bonds. The summed E-state index contributed by atoms with van der Waals surface area (Å²) < 4.78 is 38.2. The number of aromatic hydroxyl groups is 1.